The van der Waals surface area contributed by atoms with Gasteiger partial charge in [-0.15, -0.1) is 0 Å². The van der Waals surface area contributed by atoms with E-state index in [1.807, 2.05) is 18.2 Å². The van der Waals surface area contributed by atoms with Crippen LogP contribution in [0.3, 0.4) is 0 Å². The molecule has 0 bridgehead atoms. The van der Waals surface area contributed by atoms with E-state index >= 15 is 0 Å². The Bertz CT molecular complexity index is 502. The predicted octanol–water partition coefficient (Wildman–Crippen LogP) is 3.59. The average Bonchev–Trinajstić information content (AvgIpc) is 2.53. The largest absolute Gasteiger partial charge is 0.493 e. The first-order chi connectivity index (χ1) is 10.2. The molecule has 0 saturated heterocycles. The van der Waals surface area contributed by atoms with Crippen molar-refractivity contribution in [2.24, 2.45) is 0 Å². The first-order valence-electron chi connectivity index (χ1n) is 7.33. The van der Waals surface area contributed by atoms with Gasteiger partial charge in [0.25, 0.3) is 0 Å². The average molecular weight is 290 g/mol. The molecule has 4 heteroatoms. The van der Waals surface area contributed by atoms with Crippen LogP contribution in [0.5, 0.6) is 11.5 Å². The van der Waals surface area contributed by atoms with Gasteiger partial charge in [-0.3, -0.25) is 0 Å². The zero-order valence-corrected chi connectivity index (χ0v) is 12.6. The van der Waals surface area contributed by atoms with Gasteiger partial charge in [0.2, 0.25) is 0 Å². The molecule has 1 saturated carbocycles. The molecule has 0 N–H and O–H groups in total. The Labute approximate surface area is 125 Å². The molecule has 1 aliphatic carbocycles. The van der Waals surface area contributed by atoms with E-state index in [1.54, 1.807) is 20.3 Å². The Morgan fingerprint density at radius 1 is 1.10 bits per heavy atom. The van der Waals surface area contributed by atoms with Crippen molar-refractivity contribution in [3.63, 3.8) is 0 Å². The van der Waals surface area contributed by atoms with Crippen LogP contribution in [0.15, 0.2) is 24.3 Å². The van der Waals surface area contributed by atoms with E-state index in [0.29, 0.717) is 11.5 Å². The molecule has 0 spiro atoms. The van der Waals surface area contributed by atoms with Gasteiger partial charge in [-0.05, 0) is 49.5 Å². The number of rotatable bonds is 5. The fraction of sp³-hybridized carbons (Fsp3) is 0.471. The third kappa shape index (κ3) is 4.52. The van der Waals surface area contributed by atoms with Gasteiger partial charge in [0.15, 0.2) is 11.5 Å². The van der Waals surface area contributed by atoms with Crippen molar-refractivity contribution in [1.29, 1.82) is 0 Å². The first-order valence-corrected chi connectivity index (χ1v) is 7.33. The van der Waals surface area contributed by atoms with Gasteiger partial charge < -0.3 is 14.2 Å². The summed E-state index contributed by atoms with van der Waals surface area (Å²) in [6.45, 7) is 0. The summed E-state index contributed by atoms with van der Waals surface area (Å²) in [5, 5.41) is 0. The van der Waals surface area contributed by atoms with Crippen LogP contribution in [0.4, 0.5) is 0 Å². The van der Waals surface area contributed by atoms with E-state index in [0.717, 1.165) is 31.2 Å². The fourth-order valence-electron chi connectivity index (χ4n) is 2.51. The highest BCUT2D eigenvalue weighted by molar-refractivity contribution is 5.87. The summed E-state index contributed by atoms with van der Waals surface area (Å²) in [5.74, 6) is 1.02. The van der Waals surface area contributed by atoms with E-state index in [1.165, 1.54) is 12.5 Å². The van der Waals surface area contributed by atoms with Gasteiger partial charge in [-0.1, -0.05) is 12.5 Å². The van der Waals surface area contributed by atoms with E-state index < -0.39 is 0 Å². The molecule has 114 valence electrons. The maximum Gasteiger partial charge on any atom is 0.331 e. The van der Waals surface area contributed by atoms with E-state index in [2.05, 4.69) is 0 Å². The second-order valence-corrected chi connectivity index (χ2v) is 5.14. The van der Waals surface area contributed by atoms with Gasteiger partial charge >= 0.3 is 5.97 Å². The maximum absolute atomic E-state index is 11.8. The second kappa shape index (κ2) is 7.72. The van der Waals surface area contributed by atoms with Crippen molar-refractivity contribution >= 4 is 12.0 Å². The molecule has 0 radical (unpaired) electrons. The number of esters is 1. The van der Waals surface area contributed by atoms with Crippen LogP contribution in [-0.2, 0) is 9.53 Å². The molecule has 2 rings (SSSR count). The first kappa shape index (κ1) is 15.4. The lowest BCUT2D eigenvalue weighted by molar-refractivity contribution is -0.144. The molecular formula is C17H22O4. The Hall–Kier alpha value is -1.97. The standard InChI is InChI=1S/C17H22O4/c1-19-15-10-8-13(12-16(15)20-2)9-11-17(18)21-14-6-4-3-5-7-14/h8-12,14H,3-7H2,1-2H3/b11-9+. The van der Waals surface area contributed by atoms with E-state index in [-0.39, 0.29) is 12.1 Å². The lowest BCUT2D eigenvalue weighted by Gasteiger charge is -2.20. The Kier molecular flexibility index (Phi) is 5.67. The summed E-state index contributed by atoms with van der Waals surface area (Å²) in [7, 11) is 3.18. The number of methoxy groups -OCH3 is 2. The van der Waals surface area contributed by atoms with Crippen LogP contribution < -0.4 is 9.47 Å². The molecule has 1 aliphatic rings. The van der Waals surface area contributed by atoms with E-state index in [9.17, 15) is 4.79 Å². The van der Waals surface area contributed by atoms with Crippen molar-refractivity contribution in [3.8, 4) is 11.5 Å². The molecule has 1 fully saturated rings. The quantitative estimate of drug-likeness (QED) is 0.614. The Morgan fingerprint density at radius 2 is 1.81 bits per heavy atom. The molecule has 1 aromatic carbocycles. The summed E-state index contributed by atoms with van der Waals surface area (Å²) in [4.78, 5) is 11.8. The topological polar surface area (TPSA) is 44.8 Å². The number of hydrogen-bond donors (Lipinski definition) is 0. The van der Waals surface area contributed by atoms with Crippen LogP contribution in [0.1, 0.15) is 37.7 Å². The normalized spacial score (nSPS) is 15.9. The molecule has 4 nitrogen and oxygen atoms in total. The zero-order valence-electron chi connectivity index (χ0n) is 12.6. The minimum atomic E-state index is -0.281. The molecular weight excluding hydrogens is 268 g/mol. The Morgan fingerprint density at radius 3 is 2.48 bits per heavy atom. The van der Waals surface area contributed by atoms with Crippen molar-refractivity contribution in [3.05, 3.63) is 29.8 Å². The Balaban J connectivity index is 1.94. The summed E-state index contributed by atoms with van der Waals surface area (Å²) in [6, 6.07) is 5.50. The van der Waals surface area contributed by atoms with Crippen LogP contribution in [0, 0.1) is 0 Å². The number of benzene rings is 1. The van der Waals surface area contributed by atoms with Crippen molar-refractivity contribution in [1.82, 2.24) is 0 Å². The molecule has 0 aliphatic heterocycles. The SMILES string of the molecule is COc1ccc(/C=C/C(=O)OC2CCCCC2)cc1OC. The minimum absolute atomic E-state index is 0.0845. The van der Waals surface area contributed by atoms with Crippen LogP contribution >= 0.6 is 0 Å². The lowest BCUT2D eigenvalue weighted by atomic mass is 9.98. The van der Waals surface area contributed by atoms with Crippen LogP contribution in [-0.4, -0.2) is 26.3 Å². The minimum Gasteiger partial charge on any atom is -0.493 e. The van der Waals surface area contributed by atoms with Gasteiger partial charge in [-0.2, -0.15) is 0 Å². The molecule has 21 heavy (non-hydrogen) atoms. The van der Waals surface area contributed by atoms with Crippen molar-refractivity contribution in [2.75, 3.05) is 14.2 Å². The third-order valence-electron chi connectivity index (χ3n) is 3.65. The monoisotopic (exact) mass is 290 g/mol. The summed E-state index contributed by atoms with van der Waals surface area (Å²) < 4.78 is 15.8. The van der Waals surface area contributed by atoms with E-state index in [4.69, 9.17) is 14.2 Å². The third-order valence-corrected chi connectivity index (χ3v) is 3.65. The predicted molar refractivity (Wildman–Crippen MR) is 81.5 cm³/mol. The van der Waals surface area contributed by atoms with Gasteiger partial charge in [0.05, 0.1) is 14.2 Å². The molecule has 0 atom stereocenters. The zero-order chi connectivity index (χ0) is 15.1. The van der Waals surface area contributed by atoms with Gasteiger partial charge in [0, 0.05) is 6.08 Å². The second-order valence-electron chi connectivity index (χ2n) is 5.14. The highest BCUT2D eigenvalue weighted by Gasteiger charge is 2.16. The molecule has 1 aromatic rings. The highest BCUT2D eigenvalue weighted by atomic mass is 16.5. The van der Waals surface area contributed by atoms with Gasteiger partial charge in [0.1, 0.15) is 6.10 Å². The maximum atomic E-state index is 11.8. The molecule has 0 heterocycles. The lowest BCUT2D eigenvalue weighted by Crippen LogP contribution is -2.19. The summed E-state index contributed by atoms with van der Waals surface area (Å²) in [5.41, 5.74) is 0.869. The van der Waals surface area contributed by atoms with Crippen molar-refractivity contribution < 1.29 is 19.0 Å². The fourth-order valence-corrected chi connectivity index (χ4v) is 2.51. The van der Waals surface area contributed by atoms with Crippen LogP contribution in [0.25, 0.3) is 6.08 Å². The molecule has 0 unspecified atom stereocenters. The number of ether oxygens (including phenoxy) is 3. The molecule has 0 aromatic heterocycles. The van der Waals surface area contributed by atoms with Gasteiger partial charge in [-0.25, -0.2) is 4.79 Å². The summed E-state index contributed by atoms with van der Waals surface area (Å²) >= 11 is 0. The van der Waals surface area contributed by atoms with Crippen LogP contribution in [0.2, 0.25) is 0 Å². The smallest absolute Gasteiger partial charge is 0.331 e. The van der Waals surface area contributed by atoms with Crippen molar-refractivity contribution in [2.45, 2.75) is 38.2 Å². The number of hydrogen-bond acceptors (Lipinski definition) is 4. The molecule has 0 amide bonds. The number of carbonyl (C=O) groups is 1. The highest BCUT2D eigenvalue weighted by Crippen LogP contribution is 2.28. The number of carbonyl (C=O) groups excluding carboxylic acids is 1. The summed E-state index contributed by atoms with van der Waals surface area (Å²) in [6.07, 6.45) is 8.79.